The number of nitrogens with zero attached hydrogens (tertiary/aromatic N) is 2. The van der Waals surface area contributed by atoms with Crippen molar-refractivity contribution in [3.63, 3.8) is 0 Å². The summed E-state index contributed by atoms with van der Waals surface area (Å²) in [5, 5.41) is 11.3. The highest BCUT2D eigenvalue weighted by Crippen LogP contribution is 2.07. The van der Waals surface area contributed by atoms with E-state index in [1.54, 1.807) is 22.9 Å². The molecule has 1 unspecified atom stereocenters. The van der Waals surface area contributed by atoms with Gasteiger partial charge in [-0.2, -0.15) is 0 Å². The van der Waals surface area contributed by atoms with Crippen molar-refractivity contribution in [3.05, 3.63) is 35.6 Å². The lowest BCUT2D eigenvalue weighted by Gasteiger charge is -2.34. The molecule has 1 aromatic rings. The number of benzene rings is 1. The van der Waals surface area contributed by atoms with Crippen molar-refractivity contribution in [2.24, 2.45) is 0 Å². The summed E-state index contributed by atoms with van der Waals surface area (Å²) in [4.78, 5) is 38.2. The Hall–Kier alpha value is -2.52. The molecule has 1 fully saturated rings. The van der Waals surface area contributed by atoms with Gasteiger partial charge in [-0.25, -0.2) is 4.39 Å². The largest absolute Gasteiger partial charge is 0.480 e. The summed E-state index contributed by atoms with van der Waals surface area (Å²) in [5.41, 5.74) is 0.535. The molecule has 2 N–H and O–H groups in total. The van der Waals surface area contributed by atoms with Crippen LogP contribution in [-0.4, -0.2) is 85.2 Å². The van der Waals surface area contributed by atoms with Crippen molar-refractivity contribution in [1.29, 1.82) is 0 Å². The van der Waals surface area contributed by atoms with Crippen LogP contribution in [0.1, 0.15) is 5.56 Å². The van der Waals surface area contributed by atoms with Crippen molar-refractivity contribution >= 4 is 17.8 Å². The van der Waals surface area contributed by atoms with E-state index < -0.39 is 11.8 Å². The highest BCUT2D eigenvalue weighted by atomic mass is 19.1. The average molecular weight is 381 g/mol. The Balaban J connectivity index is 1.76. The van der Waals surface area contributed by atoms with Crippen LogP contribution in [0.5, 0.6) is 0 Å². The summed E-state index contributed by atoms with van der Waals surface area (Å²) in [6, 6.07) is 5.75. The summed E-state index contributed by atoms with van der Waals surface area (Å²) < 4.78 is 18.7. The summed E-state index contributed by atoms with van der Waals surface area (Å²) in [6.45, 7) is 1.24. The third-order valence-electron chi connectivity index (χ3n) is 4.10. The predicted molar refractivity (Wildman–Crippen MR) is 94.6 cm³/mol. The molecule has 0 saturated carbocycles. The molecule has 1 atom stereocenters. The fraction of sp³-hybridized carbons (Fsp3) is 0.500. The van der Waals surface area contributed by atoms with Crippen molar-refractivity contribution in [3.8, 4) is 0 Å². The first-order valence-electron chi connectivity index (χ1n) is 8.64. The zero-order valence-corrected chi connectivity index (χ0v) is 15.2. The molecule has 1 aromatic carbocycles. The van der Waals surface area contributed by atoms with E-state index in [4.69, 9.17) is 9.84 Å². The number of hydrogen-bond donors (Lipinski definition) is 2. The van der Waals surface area contributed by atoms with Crippen LogP contribution in [-0.2, 0) is 25.5 Å². The van der Waals surface area contributed by atoms with Crippen molar-refractivity contribution in [2.75, 3.05) is 46.4 Å². The zero-order chi connectivity index (χ0) is 19.8. The van der Waals surface area contributed by atoms with E-state index in [9.17, 15) is 18.8 Å². The van der Waals surface area contributed by atoms with Crippen LogP contribution >= 0.6 is 0 Å². The van der Waals surface area contributed by atoms with Gasteiger partial charge in [0.15, 0.2) is 0 Å². The number of morpholine rings is 1. The summed E-state index contributed by atoms with van der Waals surface area (Å²) in [5.74, 6) is -1.94. The number of amides is 2. The van der Waals surface area contributed by atoms with Gasteiger partial charge in [-0.3, -0.25) is 19.3 Å². The van der Waals surface area contributed by atoms with Crippen molar-refractivity contribution < 1.29 is 28.6 Å². The number of carbonyl (C=O) groups excluding carboxylic acids is 2. The molecule has 0 radical (unpaired) electrons. The van der Waals surface area contributed by atoms with Gasteiger partial charge >= 0.3 is 5.97 Å². The fourth-order valence-corrected chi connectivity index (χ4v) is 2.88. The van der Waals surface area contributed by atoms with Gasteiger partial charge in [-0.05, 0) is 24.7 Å². The van der Waals surface area contributed by atoms with E-state index in [0.29, 0.717) is 31.8 Å². The van der Waals surface area contributed by atoms with Crippen LogP contribution < -0.4 is 5.32 Å². The maximum absolute atomic E-state index is 13.1. The van der Waals surface area contributed by atoms with Gasteiger partial charge < -0.3 is 20.1 Å². The molecule has 0 bridgehead atoms. The van der Waals surface area contributed by atoms with Crippen molar-refractivity contribution in [1.82, 2.24) is 15.1 Å². The highest BCUT2D eigenvalue weighted by molar-refractivity contribution is 5.85. The molecule has 2 amide bonds. The standard InChI is InChI=1S/C18H24FN3O5/c1-21(12-18(25)26)10-15-11-22(5-6-27-15)17(24)9-20-16(23)8-13-3-2-4-14(19)7-13/h2-4,7,15H,5-6,8-12H2,1H3,(H,20,23)(H,25,26). The molecule has 0 spiro atoms. The smallest absolute Gasteiger partial charge is 0.317 e. The Bertz CT molecular complexity index is 685. The number of aliphatic carboxylic acids is 1. The van der Waals surface area contributed by atoms with Crippen LogP contribution in [0.25, 0.3) is 0 Å². The second-order valence-corrected chi connectivity index (χ2v) is 6.51. The lowest BCUT2D eigenvalue weighted by atomic mass is 10.1. The van der Waals surface area contributed by atoms with Gasteiger partial charge in [0.2, 0.25) is 11.8 Å². The first kappa shape index (κ1) is 20.8. The quantitative estimate of drug-likeness (QED) is 0.643. The monoisotopic (exact) mass is 381 g/mol. The number of likely N-dealkylation sites (N-methyl/N-ethyl adjacent to an activating group) is 1. The second kappa shape index (κ2) is 9.98. The fourth-order valence-electron chi connectivity index (χ4n) is 2.88. The van der Waals surface area contributed by atoms with Crippen LogP contribution in [0, 0.1) is 5.82 Å². The van der Waals surface area contributed by atoms with Crippen LogP contribution in [0.3, 0.4) is 0 Å². The molecule has 1 aliphatic rings. The molecular weight excluding hydrogens is 357 g/mol. The normalized spacial score (nSPS) is 17.0. The van der Waals surface area contributed by atoms with Crippen LogP contribution in [0.15, 0.2) is 24.3 Å². The van der Waals surface area contributed by atoms with Gasteiger partial charge in [0.1, 0.15) is 5.82 Å². The Kier molecular flexibility index (Phi) is 7.68. The van der Waals surface area contributed by atoms with E-state index >= 15 is 0 Å². The third kappa shape index (κ3) is 7.32. The maximum Gasteiger partial charge on any atom is 0.317 e. The molecule has 2 rings (SSSR count). The Morgan fingerprint density at radius 2 is 2.19 bits per heavy atom. The van der Waals surface area contributed by atoms with E-state index in [2.05, 4.69) is 5.32 Å². The van der Waals surface area contributed by atoms with E-state index in [1.807, 2.05) is 0 Å². The topological polar surface area (TPSA) is 99.2 Å². The molecular formula is C18H24FN3O5. The predicted octanol–water partition coefficient (Wildman–Crippen LogP) is -0.272. The zero-order valence-electron chi connectivity index (χ0n) is 15.2. The summed E-state index contributed by atoms with van der Waals surface area (Å²) in [7, 11) is 1.67. The number of halogens is 1. The second-order valence-electron chi connectivity index (χ2n) is 6.51. The van der Waals surface area contributed by atoms with E-state index in [0.717, 1.165) is 0 Å². The first-order valence-corrected chi connectivity index (χ1v) is 8.64. The lowest BCUT2D eigenvalue weighted by molar-refractivity contribution is -0.142. The van der Waals surface area contributed by atoms with Crippen LogP contribution in [0.4, 0.5) is 4.39 Å². The van der Waals surface area contributed by atoms with E-state index in [1.165, 1.54) is 18.2 Å². The number of carbonyl (C=O) groups is 3. The molecule has 148 valence electrons. The Morgan fingerprint density at radius 3 is 2.89 bits per heavy atom. The molecule has 1 saturated heterocycles. The minimum atomic E-state index is -0.928. The number of carboxylic acid groups (broad SMARTS) is 1. The molecule has 1 aliphatic heterocycles. The van der Waals surface area contributed by atoms with Gasteiger partial charge in [0.05, 0.1) is 32.2 Å². The third-order valence-corrected chi connectivity index (χ3v) is 4.10. The number of ether oxygens (including phenoxy) is 1. The van der Waals surface area contributed by atoms with Crippen molar-refractivity contribution in [2.45, 2.75) is 12.5 Å². The molecule has 9 heteroatoms. The number of carboxylic acids is 1. The molecule has 1 heterocycles. The highest BCUT2D eigenvalue weighted by Gasteiger charge is 2.25. The minimum Gasteiger partial charge on any atom is -0.480 e. The molecule has 0 aliphatic carbocycles. The molecule has 27 heavy (non-hydrogen) atoms. The lowest BCUT2D eigenvalue weighted by Crippen LogP contribution is -2.51. The number of nitrogens with one attached hydrogen (secondary N) is 1. The first-order chi connectivity index (χ1) is 12.8. The van der Waals surface area contributed by atoms with E-state index in [-0.39, 0.29) is 37.4 Å². The molecule has 0 aromatic heterocycles. The van der Waals surface area contributed by atoms with Gasteiger partial charge in [0, 0.05) is 19.6 Å². The SMILES string of the molecule is CN(CC(=O)O)CC1CN(C(=O)CNC(=O)Cc2cccc(F)c2)CCO1. The maximum atomic E-state index is 13.1. The van der Waals surface area contributed by atoms with Crippen LogP contribution in [0.2, 0.25) is 0 Å². The average Bonchev–Trinajstić information content (AvgIpc) is 2.59. The van der Waals surface area contributed by atoms with Gasteiger partial charge in [0.25, 0.3) is 0 Å². The summed E-state index contributed by atoms with van der Waals surface area (Å²) in [6.07, 6.45) is -0.286. The Morgan fingerprint density at radius 1 is 1.41 bits per heavy atom. The minimum absolute atomic E-state index is 0.00322. The Labute approximate surface area is 156 Å². The summed E-state index contributed by atoms with van der Waals surface area (Å²) >= 11 is 0. The van der Waals surface area contributed by atoms with Gasteiger partial charge in [-0.15, -0.1) is 0 Å². The molecule has 8 nitrogen and oxygen atoms in total. The number of hydrogen-bond acceptors (Lipinski definition) is 5. The number of rotatable bonds is 8. The van der Waals surface area contributed by atoms with Gasteiger partial charge in [-0.1, -0.05) is 12.1 Å².